The quantitative estimate of drug-likeness (QED) is 0.713. The molecular formula is C21H29NO. The Balaban J connectivity index is 1.98. The van der Waals surface area contributed by atoms with Gasteiger partial charge in [-0.05, 0) is 47.8 Å². The predicted octanol–water partition coefficient (Wildman–Crippen LogP) is 6.20. The maximum absolute atomic E-state index is 9.78. The maximum atomic E-state index is 9.78. The van der Waals surface area contributed by atoms with Crippen molar-refractivity contribution in [2.75, 3.05) is 0 Å². The van der Waals surface area contributed by atoms with E-state index in [1.54, 1.807) is 6.07 Å². The lowest BCUT2D eigenvalue weighted by Crippen LogP contribution is -2.20. The van der Waals surface area contributed by atoms with Gasteiger partial charge in [0.2, 0.25) is 0 Å². The SMILES string of the molecule is CC(C)(C)CC(C)(C)CCC=Cc1cnc2c(O)cccc2c1. The molecule has 0 aliphatic heterocycles. The first-order chi connectivity index (χ1) is 10.7. The van der Waals surface area contributed by atoms with E-state index < -0.39 is 0 Å². The lowest BCUT2D eigenvalue weighted by molar-refractivity contribution is 0.200. The standard InChI is InChI=1S/C21H29NO/c1-20(2,3)15-21(4,5)12-7-6-9-16-13-17-10-8-11-18(23)19(17)22-14-16/h6,8-11,13-14,23H,7,12,15H2,1-5H3. The Morgan fingerprint density at radius 3 is 2.57 bits per heavy atom. The summed E-state index contributed by atoms with van der Waals surface area (Å²) in [7, 11) is 0. The highest BCUT2D eigenvalue weighted by molar-refractivity contribution is 5.85. The van der Waals surface area contributed by atoms with Crippen molar-refractivity contribution >= 4 is 17.0 Å². The van der Waals surface area contributed by atoms with Crippen LogP contribution in [0.4, 0.5) is 0 Å². The van der Waals surface area contributed by atoms with E-state index in [0.717, 1.165) is 17.4 Å². The zero-order valence-corrected chi connectivity index (χ0v) is 15.1. The molecule has 0 aliphatic carbocycles. The summed E-state index contributed by atoms with van der Waals surface area (Å²) in [6.45, 7) is 11.6. The molecule has 0 amide bonds. The number of phenols is 1. The highest BCUT2D eigenvalue weighted by atomic mass is 16.3. The summed E-state index contributed by atoms with van der Waals surface area (Å²) in [4.78, 5) is 4.36. The van der Waals surface area contributed by atoms with Crippen molar-refractivity contribution in [3.63, 3.8) is 0 Å². The van der Waals surface area contributed by atoms with Crippen LogP contribution < -0.4 is 0 Å². The number of hydrogen-bond donors (Lipinski definition) is 1. The van der Waals surface area contributed by atoms with Crippen molar-refractivity contribution in [1.29, 1.82) is 0 Å². The fourth-order valence-electron chi connectivity index (χ4n) is 3.47. The minimum absolute atomic E-state index is 0.238. The van der Waals surface area contributed by atoms with E-state index >= 15 is 0 Å². The van der Waals surface area contributed by atoms with Crippen molar-refractivity contribution in [2.24, 2.45) is 10.8 Å². The van der Waals surface area contributed by atoms with E-state index in [-0.39, 0.29) is 5.75 Å². The summed E-state index contributed by atoms with van der Waals surface area (Å²) in [5.74, 6) is 0.238. The van der Waals surface area contributed by atoms with E-state index in [1.807, 2.05) is 18.3 Å². The number of para-hydroxylation sites is 1. The van der Waals surface area contributed by atoms with Crippen LogP contribution in [-0.4, -0.2) is 10.1 Å². The van der Waals surface area contributed by atoms with Gasteiger partial charge < -0.3 is 5.11 Å². The number of rotatable bonds is 5. The molecule has 1 heterocycles. The molecule has 1 aromatic carbocycles. The molecule has 124 valence electrons. The summed E-state index contributed by atoms with van der Waals surface area (Å²) < 4.78 is 0. The monoisotopic (exact) mass is 311 g/mol. The Labute approximate surface area is 140 Å². The minimum Gasteiger partial charge on any atom is -0.506 e. The third-order valence-electron chi connectivity index (χ3n) is 4.02. The first-order valence-electron chi connectivity index (χ1n) is 8.41. The van der Waals surface area contributed by atoms with Crippen LogP contribution in [0.25, 0.3) is 17.0 Å². The Bertz CT molecular complexity index is 693. The molecule has 2 nitrogen and oxygen atoms in total. The van der Waals surface area contributed by atoms with E-state index in [4.69, 9.17) is 0 Å². The van der Waals surface area contributed by atoms with Gasteiger partial charge in [0.05, 0.1) is 0 Å². The van der Waals surface area contributed by atoms with Crippen LogP contribution >= 0.6 is 0 Å². The van der Waals surface area contributed by atoms with Gasteiger partial charge in [-0.25, -0.2) is 0 Å². The lowest BCUT2D eigenvalue weighted by atomic mass is 9.74. The molecule has 0 spiro atoms. The van der Waals surface area contributed by atoms with Crippen LogP contribution in [0.2, 0.25) is 0 Å². The molecule has 0 radical (unpaired) electrons. The van der Waals surface area contributed by atoms with Crippen molar-refractivity contribution in [2.45, 2.75) is 53.9 Å². The molecule has 0 atom stereocenters. The molecule has 0 aliphatic rings. The Hall–Kier alpha value is -1.83. The zero-order valence-electron chi connectivity index (χ0n) is 15.1. The van der Waals surface area contributed by atoms with Crippen LogP contribution in [0.3, 0.4) is 0 Å². The third-order valence-corrected chi connectivity index (χ3v) is 4.02. The molecule has 0 unspecified atom stereocenters. The number of allylic oxidation sites excluding steroid dienone is 1. The number of hydrogen-bond acceptors (Lipinski definition) is 2. The largest absolute Gasteiger partial charge is 0.506 e. The van der Waals surface area contributed by atoms with Gasteiger partial charge in [0.1, 0.15) is 11.3 Å². The molecular weight excluding hydrogens is 282 g/mol. The van der Waals surface area contributed by atoms with Gasteiger partial charge in [-0.3, -0.25) is 4.98 Å². The molecule has 2 heteroatoms. The van der Waals surface area contributed by atoms with Gasteiger partial charge in [0, 0.05) is 11.6 Å². The second-order valence-corrected chi connectivity index (χ2v) is 8.46. The van der Waals surface area contributed by atoms with E-state index in [0.29, 0.717) is 16.3 Å². The van der Waals surface area contributed by atoms with Gasteiger partial charge in [0.15, 0.2) is 0 Å². The highest BCUT2D eigenvalue weighted by Gasteiger charge is 2.24. The number of pyridine rings is 1. The van der Waals surface area contributed by atoms with Crippen molar-refractivity contribution in [1.82, 2.24) is 4.98 Å². The summed E-state index contributed by atoms with van der Waals surface area (Å²) in [5.41, 5.74) is 2.47. The normalized spacial score (nSPS) is 13.1. The molecule has 1 aromatic heterocycles. The summed E-state index contributed by atoms with van der Waals surface area (Å²) in [6, 6.07) is 7.56. The molecule has 1 N–H and O–H groups in total. The van der Waals surface area contributed by atoms with Crippen molar-refractivity contribution in [3.8, 4) is 5.75 Å². The Kier molecular flexibility index (Phi) is 5.13. The van der Waals surface area contributed by atoms with E-state index in [2.05, 4.69) is 57.8 Å². The average Bonchev–Trinajstić information content (AvgIpc) is 2.41. The first-order valence-corrected chi connectivity index (χ1v) is 8.41. The number of aromatic hydroxyl groups is 1. The fraction of sp³-hybridized carbons (Fsp3) is 0.476. The molecule has 0 saturated heterocycles. The average molecular weight is 311 g/mol. The lowest BCUT2D eigenvalue weighted by Gasteiger charge is -2.32. The molecule has 0 saturated carbocycles. The van der Waals surface area contributed by atoms with Crippen LogP contribution in [0, 0.1) is 10.8 Å². The van der Waals surface area contributed by atoms with Gasteiger partial charge in [-0.15, -0.1) is 0 Å². The zero-order chi connectivity index (χ0) is 17.1. The second-order valence-electron chi connectivity index (χ2n) is 8.46. The maximum Gasteiger partial charge on any atom is 0.141 e. The van der Waals surface area contributed by atoms with Crippen LogP contribution in [0.5, 0.6) is 5.75 Å². The van der Waals surface area contributed by atoms with Gasteiger partial charge in [-0.2, -0.15) is 0 Å². The van der Waals surface area contributed by atoms with Crippen molar-refractivity contribution < 1.29 is 5.11 Å². The summed E-state index contributed by atoms with van der Waals surface area (Å²) in [5, 5.41) is 10.8. The molecule has 23 heavy (non-hydrogen) atoms. The van der Waals surface area contributed by atoms with Gasteiger partial charge in [0.25, 0.3) is 0 Å². The fourth-order valence-corrected chi connectivity index (χ4v) is 3.47. The van der Waals surface area contributed by atoms with Crippen LogP contribution in [-0.2, 0) is 0 Å². The van der Waals surface area contributed by atoms with Crippen molar-refractivity contribution in [3.05, 3.63) is 42.1 Å². The van der Waals surface area contributed by atoms with E-state index in [1.165, 1.54) is 12.8 Å². The molecule has 2 rings (SSSR count). The molecule has 2 aromatic rings. The Morgan fingerprint density at radius 2 is 1.87 bits per heavy atom. The highest BCUT2D eigenvalue weighted by Crippen LogP contribution is 2.36. The van der Waals surface area contributed by atoms with Crippen LogP contribution in [0.15, 0.2) is 36.5 Å². The predicted molar refractivity (Wildman–Crippen MR) is 99.5 cm³/mol. The Morgan fingerprint density at radius 1 is 1.13 bits per heavy atom. The number of fused-ring (bicyclic) bond motifs is 1. The first kappa shape index (κ1) is 17.5. The summed E-state index contributed by atoms with van der Waals surface area (Å²) >= 11 is 0. The van der Waals surface area contributed by atoms with E-state index in [9.17, 15) is 5.11 Å². The number of phenolic OH excluding ortho intramolecular Hbond substituents is 1. The van der Waals surface area contributed by atoms with Gasteiger partial charge in [-0.1, -0.05) is 58.9 Å². The molecule has 0 fully saturated rings. The van der Waals surface area contributed by atoms with Crippen LogP contribution in [0.1, 0.15) is 59.4 Å². The number of aromatic nitrogens is 1. The number of nitrogens with zero attached hydrogens (tertiary/aromatic N) is 1. The summed E-state index contributed by atoms with van der Waals surface area (Å²) in [6.07, 6.45) is 9.66. The number of benzene rings is 1. The molecule has 0 bridgehead atoms. The minimum atomic E-state index is 0.238. The third kappa shape index (κ3) is 5.38. The second kappa shape index (κ2) is 6.74. The smallest absolute Gasteiger partial charge is 0.141 e. The van der Waals surface area contributed by atoms with Gasteiger partial charge >= 0.3 is 0 Å². The topological polar surface area (TPSA) is 33.1 Å².